The van der Waals surface area contributed by atoms with Crippen LogP contribution in [0.1, 0.15) is 47.2 Å². The van der Waals surface area contributed by atoms with E-state index in [-0.39, 0.29) is 31.0 Å². The molecule has 0 radical (unpaired) electrons. The van der Waals surface area contributed by atoms with Gasteiger partial charge in [0, 0.05) is 24.8 Å². The fourth-order valence-electron chi connectivity index (χ4n) is 2.94. The van der Waals surface area contributed by atoms with Gasteiger partial charge in [0.15, 0.2) is 5.78 Å². The highest BCUT2D eigenvalue weighted by Crippen LogP contribution is 2.40. The zero-order valence-electron chi connectivity index (χ0n) is 10.6. The van der Waals surface area contributed by atoms with Crippen LogP contribution in [-0.2, 0) is 18.0 Å². The van der Waals surface area contributed by atoms with Crippen molar-refractivity contribution in [2.24, 2.45) is 5.92 Å². The van der Waals surface area contributed by atoms with Gasteiger partial charge in [0.25, 0.3) is 0 Å². The number of fused-ring (bicyclic) bond motifs is 1. The molecule has 0 bridgehead atoms. The number of carbonyl (C=O) groups excluding carboxylic acids is 1. The van der Waals surface area contributed by atoms with E-state index in [4.69, 9.17) is 4.74 Å². The molecule has 0 aromatic heterocycles. The van der Waals surface area contributed by atoms with Gasteiger partial charge in [-0.25, -0.2) is 8.78 Å². The van der Waals surface area contributed by atoms with E-state index in [9.17, 15) is 13.6 Å². The summed E-state index contributed by atoms with van der Waals surface area (Å²) in [5.74, 6) is -2.78. The van der Waals surface area contributed by atoms with Gasteiger partial charge in [-0.05, 0) is 29.5 Å². The van der Waals surface area contributed by atoms with Gasteiger partial charge in [-0.15, -0.1) is 0 Å². The molecule has 1 saturated carbocycles. The molecule has 0 spiro atoms. The maximum Gasteiger partial charge on any atom is 0.248 e. The van der Waals surface area contributed by atoms with Gasteiger partial charge in [-0.2, -0.15) is 0 Å². The molecule has 1 aliphatic heterocycles. The second-order valence-corrected chi connectivity index (χ2v) is 5.57. The Morgan fingerprint density at radius 2 is 2.11 bits per heavy atom. The van der Waals surface area contributed by atoms with E-state index in [0.29, 0.717) is 25.2 Å². The molecule has 4 heteroatoms. The van der Waals surface area contributed by atoms with E-state index >= 15 is 0 Å². The molecule has 1 atom stereocenters. The molecule has 1 unspecified atom stereocenters. The third-order valence-electron chi connectivity index (χ3n) is 4.02. The van der Waals surface area contributed by atoms with Gasteiger partial charge < -0.3 is 4.74 Å². The number of Topliss-reactive ketones (excluding diaryl/α,β-unsaturated/α-hetero) is 1. The molecule has 2 aliphatic rings. The van der Waals surface area contributed by atoms with Crippen LogP contribution in [0.15, 0.2) is 18.2 Å². The number of alkyl halides is 2. The van der Waals surface area contributed by atoms with Crippen LogP contribution in [0.3, 0.4) is 0 Å². The average molecular weight is 266 g/mol. The Balaban J connectivity index is 1.68. The van der Waals surface area contributed by atoms with Gasteiger partial charge in [-0.1, -0.05) is 12.1 Å². The highest BCUT2D eigenvalue weighted by atomic mass is 19.3. The first-order valence-corrected chi connectivity index (χ1v) is 6.64. The number of ether oxygens (including phenoxy) is 1. The van der Waals surface area contributed by atoms with Crippen LogP contribution < -0.4 is 0 Å². The average Bonchev–Trinajstić information content (AvgIpc) is 2.94. The minimum absolute atomic E-state index is 0.0302. The van der Waals surface area contributed by atoms with Crippen LogP contribution in [0.2, 0.25) is 0 Å². The zero-order chi connectivity index (χ0) is 13.5. The van der Waals surface area contributed by atoms with Crippen LogP contribution in [0.4, 0.5) is 8.78 Å². The van der Waals surface area contributed by atoms with Gasteiger partial charge >= 0.3 is 0 Å². The Labute approximate surface area is 110 Å². The Kier molecular flexibility index (Phi) is 3.13. The molecule has 1 heterocycles. The van der Waals surface area contributed by atoms with Crippen LogP contribution in [0.5, 0.6) is 0 Å². The van der Waals surface area contributed by atoms with Crippen molar-refractivity contribution in [1.29, 1.82) is 0 Å². The molecule has 102 valence electrons. The van der Waals surface area contributed by atoms with Gasteiger partial charge in [0.2, 0.25) is 5.92 Å². The van der Waals surface area contributed by atoms with E-state index in [1.54, 1.807) is 6.07 Å². The number of rotatable bonds is 3. The van der Waals surface area contributed by atoms with Crippen LogP contribution >= 0.6 is 0 Å². The first-order chi connectivity index (χ1) is 9.03. The normalized spacial score (nSPS) is 24.4. The predicted octanol–water partition coefficient (Wildman–Crippen LogP) is 3.73. The SMILES string of the molecule is O=C(CC1CCC(F)(F)C1)c1ccc2c(c1)COC2. The summed E-state index contributed by atoms with van der Waals surface area (Å²) in [6.07, 6.45) is 0.456. The van der Waals surface area contributed by atoms with Crippen molar-refractivity contribution in [2.45, 2.75) is 44.8 Å². The minimum Gasteiger partial charge on any atom is -0.372 e. The van der Waals surface area contributed by atoms with Crippen molar-refractivity contribution >= 4 is 5.78 Å². The monoisotopic (exact) mass is 266 g/mol. The first-order valence-electron chi connectivity index (χ1n) is 6.64. The van der Waals surface area contributed by atoms with Crippen LogP contribution in [-0.4, -0.2) is 11.7 Å². The lowest BCUT2D eigenvalue weighted by Gasteiger charge is -2.10. The van der Waals surface area contributed by atoms with Crippen molar-refractivity contribution in [2.75, 3.05) is 0 Å². The fraction of sp³-hybridized carbons (Fsp3) is 0.533. The summed E-state index contributed by atoms with van der Waals surface area (Å²) in [7, 11) is 0. The van der Waals surface area contributed by atoms with Crippen molar-refractivity contribution in [3.8, 4) is 0 Å². The molecule has 0 saturated heterocycles. The largest absolute Gasteiger partial charge is 0.372 e. The molecule has 1 aromatic carbocycles. The maximum atomic E-state index is 13.1. The van der Waals surface area contributed by atoms with Crippen molar-refractivity contribution in [1.82, 2.24) is 0 Å². The second kappa shape index (κ2) is 4.67. The standard InChI is InChI=1S/C15H16F2O2/c16-15(17)4-3-10(7-15)5-14(18)11-1-2-12-8-19-9-13(12)6-11/h1-2,6,10H,3-5,7-9H2. The van der Waals surface area contributed by atoms with E-state index in [1.807, 2.05) is 12.1 Å². The third kappa shape index (κ3) is 2.68. The fourth-order valence-corrected chi connectivity index (χ4v) is 2.94. The number of carbonyl (C=O) groups is 1. The van der Waals surface area contributed by atoms with E-state index in [0.717, 1.165) is 11.1 Å². The summed E-state index contributed by atoms with van der Waals surface area (Å²) in [6.45, 7) is 1.14. The number of benzene rings is 1. The summed E-state index contributed by atoms with van der Waals surface area (Å²) in [6, 6.07) is 5.53. The molecular formula is C15H16F2O2. The van der Waals surface area contributed by atoms with Crippen LogP contribution in [0.25, 0.3) is 0 Å². The van der Waals surface area contributed by atoms with Gasteiger partial charge in [-0.3, -0.25) is 4.79 Å². The molecule has 1 fully saturated rings. The Morgan fingerprint density at radius 3 is 2.84 bits per heavy atom. The number of halogens is 2. The Bertz CT molecular complexity index is 511. The van der Waals surface area contributed by atoms with Crippen molar-refractivity contribution in [3.63, 3.8) is 0 Å². The number of hydrogen-bond acceptors (Lipinski definition) is 2. The highest BCUT2D eigenvalue weighted by Gasteiger charge is 2.40. The lowest BCUT2D eigenvalue weighted by molar-refractivity contribution is 0.00497. The molecule has 1 aromatic rings. The predicted molar refractivity (Wildman–Crippen MR) is 66.2 cm³/mol. The molecule has 3 rings (SSSR count). The summed E-state index contributed by atoms with van der Waals surface area (Å²) in [5, 5.41) is 0. The molecule has 0 amide bonds. The summed E-state index contributed by atoms with van der Waals surface area (Å²) in [4.78, 5) is 12.1. The van der Waals surface area contributed by atoms with Gasteiger partial charge in [0.05, 0.1) is 13.2 Å². The van der Waals surface area contributed by atoms with Crippen LogP contribution in [0, 0.1) is 5.92 Å². The second-order valence-electron chi connectivity index (χ2n) is 5.57. The summed E-state index contributed by atoms with van der Waals surface area (Å²) in [5.41, 5.74) is 2.78. The molecule has 2 nitrogen and oxygen atoms in total. The third-order valence-corrected chi connectivity index (χ3v) is 4.02. The van der Waals surface area contributed by atoms with Gasteiger partial charge in [0.1, 0.15) is 0 Å². The minimum atomic E-state index is -2.57. The topological polar surface area (TPSA) is 26.3 Å². The molecule has 19 heavy (non-hydrogen) atoms. The zero-order valence-corrected chi connectivity index (χ0v) is 10.6. The Morgan fingerprint density at radius 1 is 1.32 bits per heavy atom. The maximum absolute atomic E-state index is 13.1. The Hall–Kier alpha value is -1.29. The first kappa shape index (κ1) is 12.7. The van der Waals surface area contributed by atoms with E-state index in [1.165, 1.54) is 0 Å². The smallest absolute Gasteiger partial charge is 0.248 e. The number of hydrogen-bond donors (Lipinski definition) is 0. The molecule has 1 aliphatic carbocycles. The summed E-state index contributed by atoms with van der Waals surface area (Å²) < 4.78 is 31.5. The quantitative estimate of drug-likeness (QED) is 0.779. The molecule has 0 N–H and O–H groups in total. The summed E-state index contributed by atoms with van der Waals surface area (Å²) >= 11 is 0. The molecular weight excluding hydrogens is 250 g/mol. The van der Waals surface area contributed by atoms with Crippen molar-refractivity contribution < 1.29 is 18.3 Å². The lowest BCUT2D eigenvalue weighted by Crippen LogP contribution is -2.12. The van der Waals surface area contributed by atoms with Crippen molar-refractivity contribution in [3.05, 3.63) is 34.9 Å². The van der Waals surface area contributed by atoms with E-state index < -0.39 is 5.92 Å². The van der Waals surface area contributed by atoms with E-state index in [2.05, 4.69) is 0 Å². The number of ketones is 1. The lowest BCUT2D eigenvalue weighted by atomic mass is 9.95. The highest BCUT2D eigenvalue weighted by molar-refractivity contribution is 5.96.